The van der Waals surface area contributed by atoms with E-state index in [1.165, 1.54) is 36.2 Å². The maximum Gasteiger partial charge on any atom is 0.256 e. The van der Waals surface area contributed by atoms with Crippen LogP contribution in [-0.2, 0) is 4.74 Å². The number of anilines is 2. The Bertz CT molecular complexity index is 1540. The fourth-order valence-corrected chi connectivity index (χ4v) is 6.14. The summed E-state index contributed by atoms with van der Waals surface area (Å²) in [5.41, 5.74) is 5.10. The van der Waals surface area contributed by atoms with Crippen LogP contribution in [0.4, 0.5) is 21.5 Å². The SMILES string of the molecule is CC(=Nc1cccc(-c2ccc(C(=O)N3CCOCC3)c(F)c2)c1O)Nc1ccc(N2CCN(C3(C)CC3)CC2)c(C)c1. The van der Waals surface area contributed by atoms with Crippen molar-refractivity contribution in [3.05, 3.63) is 71.5 Å². The van der Waals surface area contributed by atoms with E-state index in [0.29, 0.717) is 54.5 Å². The number of aliphatic imine (C=N–C) groups is 1. The lowest BCUT2D eigenvalue weighted by Gasteiger charge is -2.40. The van der Waals surface area contributed by atoms with Gasteiger partial charge in [0.25, 0.3) is 5.91 Å². The van der Waals surface area contributed by atoms with Gasteiger partial charge in [-0.3, -0.25) is 9.69 Å². The van der Waals surface area contributed by atoms with Crippen molar-refractivity contribution in [3.63, 3.8) is 0 Å². The summed E-state index contributed by atoms with van der Waals surface area (Å²) in [7, 11) is 0. The topological polar surface area (TPSA) is 80.6 Å². The normalized spacial score (nSPS) is 18.9. The van der Waals surface area contributed by atoms with E-state index in [1.807, 2.05) is 6.92 Å². The van der Waals surface area contributed by atoms with Gasteiger partial charge < -0.3 is 25.0 Å². The summed E-state index contributed by atoms with van der Waals surface area (Å²) >= 11 is 0. The Kier molecular flexibility index (Phi) is 8.11. The Morgan fingerprint density at radius 3 is 2.42 bits per heavy atom. The van der Waals surface area contributed by atoms with E-state index in [1.54, 1.807) is 29.2 Å². The van der Waals surface area contributed by atoms with Gasteiger partial charge >= 0.3 is 0 Å². The third-order valence-corrected chi connectivity index (χ3v) is 8.99. The predicted molar refractivity (Wildman–Crippen MR) is 169 cm³/mol. The maximum atomic E-state index is 15.1. The zero-order chi connectivity index (χ0) is 30.1. The van der Waals surface area contributed by atoms with Gasteiger partial charge in [-0.2, -0.15) is 0 Å². The Labute approximate surface area is 252 Å². The van der Waals surface area contributed by atoms with Crippen LogP contribution in [0, 0.1) is 12.7 Å². The number of piperazine rings is 1. The number of amidine groups is 1. The largest absolute Gasteiger partial charge is 0.505 e. The summed E-state index contributed by atoms with van der Waals surface area (Å²) < 4.78 is 20.4. The number of ether oxygens (including phenoxy) is 1. The highest BCUT2D eigenvalue weighted by Crippen LogP contribution is 2.42. The summed E-state index contributed by atoms with van der Waals surface area (Å²) in [4.78, 5) is 24.1. The number of benzene rings is 3. The zero-order valence-corrected chi connectivity index (χ0v) is 25.2. The van der Waals surface area contributed by atoms with Gasteiger partial charge in [0.05, 0.1) is 18.8 Å². The number of hydrogen-bond donors (Lipinski definition) is 2. The molecule has 0 aromatic heterocycles. The molecule has 43 heavy (non-hydrogen) atoms. The van der Waals surface area contributed by atoms with Gasteiger partial charge in [-0.25, -0.2) is 9.38 Å². The third kappa shape index (κ3) is 6.24. The number of halogens is 1. The van der Waals surface area contributed by atoms with Gasteiger partial charge in [-0.1, -0.05) is 18.2 Å². The van der Waals surface area contributed by atoms with E-state index in [-0.39, 0.29) is 17.2 Å². The smallest absolute Gasteiger partial charge is 0.256 e. The van der Waals surface area contributed by atoms with Crippen LogP contribution in [0.3, 0.4) is 0 Å². The van der Waals surface area contributed by atoms with Crippen LogP contribution in [0.2, 0.25) is 0 Å². The molecule has 0 spiro atoms. The van der Waals surface area contributed by atoms with E-state index in [2.05, 4.69) is 52.2 Å². The number of hydrogen-bond acceptors (Lipinski definition) is 6. The third-order valence-electron chi connectivity index (χ3n) is 8.99. The van der Waals surface area contributed by atoms with Crippen LogP contribution >= 0.6 is 0 Å². The van der Waals surface area contributed by atoms with Crippen molar-refractivity contribution in [2.75, 3.05) is 62.7 Å². The lowest BCUT2D eigenvalue weighted by molar-refractivity contribution is 0.0300. The van der Waals surface area contributed by atoms with Crippen molar-refractivity contribution in [2.45, 2.75) is 39.2 Å². The highest BCUT2D eigenvalue weighted by atomic mass is 19.1. The number of nitrogens with one attached hydrogen (secondary N) is 1. The van der Waals surface area contributed by atoms with Crippen molar-refractivity contribution < 1.29 is 19.0 Å². The number of para-hydroxylation sites is 1. The number of morpholine rings is 1. The fraction of sp³-hybridized carbons (Fsp3) is 0.412. The summed E-state index contributed by atoms with van der Waals surface area (Å²) in [6.45, 7) is 12.4. The summed E-state index contributed by atoms with van der Waals surface area (Å²) in [5.74, 6) is -0.423. The number of aromatic hydroxyl groups is 1. The van der Waals surface area contributed by atoms with Gasteiger partial charge in [0.2, 0.25) is 0 Å². The number of carbonyl (C=O) groups is 1. The van der Waals surface area contributed by atoms with E-state index in [9.17, 15) is 9.90 Å². The predicted octanol–water partition coefficient (Wildman–Crippen LogP) is 5.82. The van der Waals surface area contributed by atoms with E-state index < -0.39 is 5.82 Å². The Morgan fingerprint density at radius 2 is 1.74 bits per heavy atom. The quantitative estimate of drug-likeness (QED) is 0.281. The summed E-state index contributed by atoms with van der Waals surface area (Å²) in [6.07, 6.45) is 2.64. The molecule has 8 nitrogen and oxygen atoms in total. The number of amides is 1. The molecule has 3 aromatic rings. The maximum absolute atomic E-state index is 15.1. The lowest BCUT2D eigenvalue weighted by atomic mass is 10.0. The zero-order valence-electron chi connectivity index (χ0n) is 25.2. The molecule has 0 atom stereocenters. The van der Waals surface area contributed by atoms with E-state index in [4.69, 9.17) is 4.74 Å². The standard InChI is InChI=1S/C34H40FN5O3/c1-23-21-26(8-10-31(23)38-13-15-40(16-14-38)34(3)11-12-34)36-24(2)37-30-6-4-5-27(32(30)41)25-7-9-28(29(35)22-25)33(42)39-17-19-43-20-18-39/h4-10,21-22,41H,11-20H2,1-3H3,(H,36,37). The number of aryl methyl sites for hydroxylation is 1. The average Bonchev–Trinajstić information content (AvgIpc) is 3.77. The molecule has 0 unspecified atom stereocenters. The molecule has 2 aliphatic heterocycles. The highest BCUT2D eigenvalue weighted by Gasteiger charge is 2.43. The fourth-order valence-electron chi connectivity index (χ4n) is 6.14. The van der Waals surface area contributed by atoms with Gasteiger partial charge in [-0.15, -0.1) is 0 Å². The first-order chi connectivity index (χ1) is 20.7. The molecule has 3 aromatic carbocycles. The van der Waals surface area contributed by atoms with Crippen LogP contribution in [0.5, 0.6) is 5.75 Å². The molecule has 3 aliphatic rings. The number of carbonyl (C=O) groups excluding carboxylic acids is 1. The Balaban J connectivity index is 1.13. The average molecular weight is 586 g/mol. The van der Waals surface area contributed by atoms with E-state index in [0.717, 1.165) is 31.9 Å². The van der Waals surface area contributed by atoms with Crippen LogP contribution in [-0.4, -0.2) is 84.7 Å². The summed E-state index contributed by atoms with van der Waals surface area (Å²) in [6, 6.07) is 16.0. The molecular formula is C34H40FN5O3. The molecule has 9 heteroatoms. The van der Waals surface area contributed by atoms with Gasteiger partial charge in [0.15, 0.2) is 0 Å². The lowest BCUT2D eigenvalue weighted by Crippen LogP contribution is -2.50. The minimum absolute atomic E-state index is 0.00976. The number of phenolic OH excluding ortho intramolecular Hbond substituents is 1. The van der Waals surface area contributed by atoms with Crippen LogP contribution < -0.4 is 10.2 Å². The molecule has 2 heterocycles. The van der Waals surface area contributed by atoms with Gasteiger partial charge in [0.1, 0.15) is 23.1 Å². The first-order valence-corrected chi connectivity index (χ1v) is 15.1. The Hall–Kier alpha value is -3.95. The van der Waals surface area contributed by atoms with Gasteiger partial charge in [0, 0.05) is 61.7 Å². The summed E-state index contributed by atoms with van der Waals surface area (Å²) in [5, 5.41) is 14.4. The molecule has 2 N–H and O–H groups in total. The molecule has 0 radical (unpaired) electrons. The molecular weight excluding hydrogens is 545 g/mol. The molecule has 226 valence electrons. The van der Waals surface area contributed by atoms with Crippen molar-refractivity contribution in [2.24, 2.45) is 4.99 Å². The minimum atomic E-state index is -0.627. The number of nitrogens with zero attached hydrogens (tertiary/aromatic N) is 4. The van der Waals surface area contributed by atoms with Crippen molar-refractivity contribution in [3.8, 4) is 16.9 Å². The molecule has 1 amide bonds. The molecule has 0 bridgehead atoms. The van der Waals surface area contributed by atoms with Crippen molar-refractivity contribution >= 4 is 28.8 Å². The Morgan fingerprint density at radius 1 is 1.00 bits per heavy atom. The second-order valence-corrected chi connectivity index (χ2v) is 12.1. The van der Waals surface area contributed by atoms with Crippen LogP contribution in [0.25, 0.3) is 11.1 Å². The molecule has 2 saturated heterocycles. The van der Waals surface area contributed by atoms with E-state index >= 15 is 4.39 Å². The number of phenols is 1. The first-order valence-electron chi connectivity index (χ1n) is 15.1. The molecule has 1 saturated carbocycles. The minimum Gasteiger partial charge on any atom is -0.505 e. The second kappa shape index (κ2) is 12.0. The molecule has 1 aliphatic carbocycles. The first kappa shape index (κ1) is 29.1. The molecule has 3 fully saturated rings. The van der Waals surface area contributed by atoms with Crippen molar-refractivity contribution in [1.82, 2.24) is 9.80 Å². The highest BCUT2D eigenvalue weighted by molar-refractivity contribution is 5.97. The monoisotopic (exact) mass is 585 g/mol. The van der Waals surface area contributed by atoms with Crippen LogP contribution in [0.1, 0.15) is 42.6 Å². The second-order valence-electron chi connectivity index (χ2n) is 12.1. The molecule has 6 rings (SSSR count). The van der Waals surface area contributed by atoms with Gasteiger partial charge in [-0.05, 0) is 81.1 Å². The van der Waals surface area contributed by atoms with Crippen LogP contribution in [0.15, 0.2) is 59.6 Å². The number of rotatable bonds is 6. The van der Waals surface area contributed by atoms with Crippen molar-refractivity contribution in [1.29, 1.82) is 0 Å².